The summed E-state index contributed by atoms with van der Waals surface area (Å²) in [4.78, 5) is 0. The lowest BCUT2D eigenvalue weighted by Crippen LogP contribution is -2.61. The molecule has 0 aliphatic heterocycles. The number of hydrogen-bond acceptors (Lipinski definition) is 0. The van der Waals surface area contributed by atoms with Gasteiger partial charge in [0.05, 0.1) is 0 Å². The summed E-state index contributed by atoms with van der Waals surface area (Å²) in [5.41, 5.74) is 3.43. The first-order valence-electron chi connectivity index (χ1n) is 12.9. The lowest BCUT2D eigenvalue weighted by Gasteiger charge is -2.68. The molecular formula is C28H46. The van der Waals surface area contributed by atoms with Gasteiger partial charge in [0.25, 0.3) is 0 Å². The van der Waals surface area contributed by atoms with Crippen molar-refractivity contribution in [3.63, 3.8) is 0 Å². The first-order valence-corrected chi connectivity index (χ1v) is 12.9. The van der Waals surface area contributed by atoms with E-state index in [2.05, 4.69) is 41.2 Å². The predicted molar refractivity (Wildman–Crippen MR) is 120 cm³/mol. The van der Waals surface area contributed by atoms with Gasteiger partial charge in [-0.1, -0.05) is 59.6 Å². The minimum absolute atomic E-state index is 0.603. The van der Waals surface area contributed by atoms with E-state index in [0.717, 1.165) is 41.4 Å². The molecular weight excluding hydrogens is 336 g/mol. The lowest BCUT2D eigenvalue weighted by molar-refractivity contribution is -0.191. The molecule has 0 N–H and O–H groups in total. The van der Waals surface area contributed by atoms with Crippen molar-refractivity contribution in [3.8, 4) is 0 Å². The zero-order valence-electron chi connectivity index (χ0n) is 19.5. The van der Waals surface area contributed by atoms with Gasteiger partial charge in [-0.05, 0) is 115 Å². The molecule has 0 heteroatoms. The fourth-order valence-corrected chi connectivity index (χ4v) is 10.8. The Morgan fingerprint density at radius 2 is 1.50 bits per heavy atom. The second-order valence-corrected chi connectivity index (χ2v) is 13.1. The molecule has 0 saturated heterocycles. The van der Waals surface area contributed by atoms with E-state index in [9.17, 15) is 0 Å². The Morgan fingerprint density at radius 1 is 0.786 bits per heavy atom. The molecule has 0 nitrogen and oxygen atoms in total. The zero-order chi connectivity index (χ0) is 19.9. The molecule has 0 aromatic heterocycles. The average molecular weight is 383 g/mol. The Balaban J connectivity index is 1.49. The number of hydrogen-bond donors (Lipinski definition) is 0. The summed E-state index contributed by atoms with van der Waals surface area (Å²) in [7, 11) is 0. The summed E-state index contributed by atoms with van der Waals surface area (Å²) in [5, 5.41) is 0. The molecule has 0 heterocycles. The SMILES string of the molecule is C=C1CCC2(C)CCC3C(CCC4C5(C)CCCC(C)C5CCC34C)C2C1C. The minimum Gasteiger partial charge on any atom is -0.0996 e. The molecule has 0 aromatic carbocycles. The quantitative estimate of drug-likeness (QED) is 0.370. The van der Waals surface area contributed by atoms with E-state index in [1.54, 1.807) is 5.57 Å². The van der Waals surface area contributed by atoms with E-state index in [1.807, 2.05) is 0 Å². The Labute approximate surface area is 175 Å². The Kier molecular flexibility index (Phi) is 4.48. The van der Waals surface area contributed by atoms with Crippen LogP contribution in [0.4, 0.5) is 0 Å². The highest BCUT2D eigenvalue weighted by molar-refractivity contribution is 5.17. The largest absolute Gasteiger partial charge is 0.0996 e. The fourth-order valence-electron chi connectivity index (χ4n) is 10.8. The van der Waals surface area contributed by atoms with Crippen LogP contribution in [0, 0.1) is 57.7 Å². The fraction of sp³-hybridized carbons (Fsp3) is 0.929. The summed E-state index contributed by atoms with van der Waals surface area (Å²) in [6, 6.07) is 0. The van der Waals surface area contributed by atoms with E-state index in [4.69, 9.17) is 0 Å². The van der Waals surface area contributed by atoms with Crippen LogP contribution in [0.5, 0.6) is 0 Å². The Morgan fingerprint density at radius 3 is 2.29 bits per heavy atom. The molecule has 10 unspecified atom stereocenters. The minimum atomic E-state index is 0.603. The van der Waals surface area contributed by atoms with Crippen LogP contribution < -0.4 is 0 Å². The van der Waals surface area contributed by atoms with Crippen LogP contribution in [0.2, 0.25) is 0 Å². The lowest BCUT2D eigenvalue weighted by atomic mass is 9.36. The third-order valence-electron chi connectivity index (χ3n) is 12.1. The molecule has 28 heavy (non-hydrogen) atoms. The first-order chi connectivity index (χ1) is 13.2. The summed E-state index contributed by atoms with van der Waals surface area (Å²) in [5.74, 6) is 6.62. The Bertz CT molecular complexity index is 646. The van der Waals surface area contributed by atoms with Gasteiger partial charge in [0.15, 0.2) is 0 Å². The van der Waals surface area contributed by atoms with Gasteiger partial charge in [0.2, 0.25) is 0 Å². The summed E-state index contributed by atoms with van der Waals surface area (Å²) >= 11 is 0. The van der Waals surface area contributed by atoms with Crippen LogP contribution in [-0.4, -0.2) is 0 Å². The van der Waals surface area contributed by atoms with Gasteiger partial charge in [-0.3, -0.25) is 0 Å². The number of rotatable bonds is 0. The van der Waals surface area contributed by atoms with Crippen molar-refractivity contribution in [2.75, 3.05) is 0 Å². The van der Waals surface area contributed by atoms with Gasteiger partial charge in [-0.2, -0.15) is 0 Å². The number of fused-ring (bicyclic) bond motifs is 7. The second kappa shape index (κ2) is 6.37. The van der Waals surface area contributed by atoms with Crippen molar-refractivity contribution in [2.45, 2.75) is 105 Å². The van der Waals surface area contributed by atoms with Gasteiger partial charge < -0.3 is 0 Å². The van der Waals surface area contributed by atoms with Crippen molar-refractivity contribution in [1.29, 1.82) is 0 Å². The molecule has 5 aliphatic rings. The summed E-state index contributed by atoms with van der Waals surface area (Å²) < 4.78 is 0. The van der Waals surface area contributed by atoms with Crippen LogP contribution in [-0.2, 0) is 0 Å². The van der Waals surface area contributed by atoms with Gasteiger partial charge in [0.1, 0.15) is 0 Å². The van der Waals surface area contributed by atoms with Crippen molar-refractivity contribution in [1.82, 2.24) is 0 Å². The molecule has 5 aliphatic carbocycles. The first kappa shape index (κ1) is 19.7. The third-order valence-corrected chi connectivity index (χ3v) is 12.1. The van der Waals surface area contributed by atoms with Crippen molar-refractivity contribution >= 4 is 0 Å². The molecule has 0 bridgehead atoms. The summed E-state index contributed by atoms with van der Waals surface area (Å²) in [6.07, 6.45) is 16.4. The second-order valence-electron chi connectivity index (χ2n) is 13.1. The Hall–Kier alpha value is -0.260. The van der Waals surface area contributed by atoms with Crippen LogP contribution in [0.25, 0.3) is 0 Å². The number of allylic oxidation sites excluding steroid dienone is 1. The van der Waals surface area contributed by atoms with E-state index in [-0.39, 0.29) is 0 Å². The highest BCUT2D eigenvalue weighted by atomic mass is 14.7. The highest BCUT2D eigenvalue weighted by Crippen LogP contribution is 2.71. The van der Waals surface area contributed by atoms with E-state index in [0.29, 0.717) is 16.2 Å². The van der Waals surface area contributed by atoms with Crippen LogP contribution in [0.1, 0.15) is 105 Å². The molecule has 10 atom stereocenters. The maximum atomic E-state index is 4.53. The standard InChI is InChI=1S/C28H46/c1-18-11-15-26(4)16-12-23-21(25(26)20(18)3)9-10-24-27(5)14-7-8-19(2)22(27)13-17-28(23,24)6/h19-25H,1,7-17H2,2-6H3. The van der Waals surface area contributed by atoms with Gasteiger partial charge in [-0.25, -0.2) is 0 Å². The molecule has 0 amide bonds. The molecule has 5 fully saturated rings. The maximum absolute atomic E-state index is 4.53. The topological polar surface area (TPSA) is 0 Å². The molecule has 0 aromatic rings. The van der Waals surface area contributed by atoms with Crippen molar-refractivity contribution in [2.24, 2.45) is 57.7 Å². The normalized spacial score (nSPS) is 58.9. The van der Waals surface area contributed by atoms with Crippen LogP contribution in [0.3, 0.4) is 0 Å². The van der Waals surface area contributed by atoms with Gasteiger partial charge in [0, 0.05) is 0 Å². The maximum Gasteiger partial charge on any atom is -0.0198 e. The van der Waals surface area contributed by atoms with Crippen LogP contribution in [0.15, 0.2) is 12.2 Å². The molecule has 5 saturated carbocycles. The average Bonchev–Trinajstić information content (AvgIpc) is 2.64. The van der Waals surface area contributed by atoms with Gasteiger partial charge in [-0.15, -0.1) is 0 Å². The van der Waals surface area contributed by atoms with Crippen LogP contribution >= 0.6 is 0 Å². The molecule has 158 valence electrons. The van der Waals surface area contributed by atoms with Crippen molar-refractivity contribution in [3.05, 3.63) is 12.2 Å². The highest BCUT2D eigenvalue weighted by Gasteiger charge is 2.63. The van der Waals surface area contributed by atoms with E-state index >= 15 is 0 Å². The molecule has 0 spiro atoms. The molecule has 5 rings (SSSR count). The van der Waals surface area contributed by atoms with E-state index in [1.165, 1.54) is 70.6 Å². The monoisotopic (exact) mass is 382 g/mol. The smallest absolute Gasteiger partial charge is 0.0198 e. The van der Waals surface area contributed by atoms with Gasteiger partial charge >= 0.3 is 0 Å². The summed E-state index contributed by atoms with van der Waals surface area (Å²) in [6.45, 7) is 17.8. The predicted octanol–water partition coefficient (Wildman–Crippen LogP) is 8.27. The third kappa shape index (κ3) is 2.48. The van der Waals surface area contributed by atoms with Crippen molar-refractivity contribution < 1.29 is 0 Å². The molecule has 0 radical (unpaired) electrons. The van der Waals surface area contributed by atoms with E-state index < -0.39 is 0 Å². The zero-order valence-corrected chi connectivity index (χ0v) is 19.5.